The smallest absolute Gasteiger partial charge is 0.263 e. The van der Waals surface area contributed by atoms with Crippen LogP contribution in [0.5, 0.6) is 0 Å². The topological polar surface area (TPSA) is 64.0 Å². The summed E-state index contributed by atoms with van der Waals surface area (Å²) in [4.78, 5) is 32.0. The van der Waals surface area contributed by atoms with Gasteiger partial charge in [0.1, 0.15) is 10.6 Å². The van der Waals surface area contributed by atoms with Crippen LogP contribution in [0, 0.1) is 26.6 Å². The molecule has 1 N–H and O–H groups in total. The van der Waals surface area contributed by atoms with E-state index in [0.29, 0.717) is 33.2 Å². The first kappa shape index (κ1) is 21.3. The lowest BCUT2D eigenvalue weighted by atomic mass is 10.2. The van der Waals surface area contributed by atoms with Crippen molar-refractivity contribution in [3.05, 3.63) is 63.0 Å². The van der Waals surface area contributed by atoms with Gasteiger partial charge in [-0.1, -0.05) is 23.9 Å². The van der Waals surface area contributed by atoms with E-state index in [1.165, 1.54) is 33.7 Å². The summed E-state index contributed by atoms with van der Waals surface area (Å²) in [5, 5.41) is 3.25. The molecule has 1 unspecified atom stereocenters. The number of amides is 1. The predicted octanol–water partition coefficient (Wildman–Crippen LogP) is 4.83. The number of aromatic nitrogens is 2. The van der Waals surface area contributed by atoms with Gasteiger partial charge in [0.05, 0.1) is 10.6 Å². The molecule has 0 saturated heterocycles. The number of halogens is 1. The molecule has 5 nitrogen and oxygen atoms in total. The Kier molecular flexibility index (Phi) is 6.24. The molecule has 0 saturated carbocycles. The molecule has 0 spiro atoms. The van der Waals surface area contributed by atoms with E-state index in [9.17, 15) is 14.0 Å². The lowest BCUT2D eigenvalue weighted by molar-refractivity contribution is -0.115. The van der Waals surface area contributed by atoms with E-state index < -0.39 is 5.25 Å². The van der Waals surface area contributed by atoms with Crippen LogP contribution in [0.25, 0.3) is 10.2 Å². The molecule has 2 aromatic heterocycles. The Bertz CT molecular complexity index is 1170. The molecule has 3 aromatic rings. The fraction of sp³-hybridized carbons (Fsp3) is 0.286. The van der Waals surface area contributed by atoms with Gasteiger partial charge in [-0.05, 0) is 51.0 Å². The Morgan fingerprint density at radius 1 is 1.41 bits per heavy atom. The van der Waals surface area contributed by atoms with Crippen molar-refractivity contribution in [2.24, 2.45) is 0 Å². The molecule has 3 rings (SSSR count). The van der Waals surface area contributed by atoms with E-state index in [1.54, 1.807) is 32.1 Å². The Morgan fingerprint density at radius 3 is 2.79 bits per heavy atom. The van der Waals surface area contributed by atoms with E-state index >= 15 is 0 Å². The number of nitrogens with zero attached hydrogens (tertiary/aromatic N) is 2. The maximum atomic E-state index is 13.7. The summed E-state index contributed by atoms with van der Waals surface area (Å²) in [5.41, 5.74) is 1.70. The molecule has 0 radical (unpaired) electrons. The Hall–Kier alpha value is -2.45. The number of anilines is 1. The molecule has 2 heterocycles. The molecule has 152 valence electrons. The van der Waals surface area contributed by atoms with Gasteiger partial charge in [0.15, 0.2) is 5.16 Å². The third-order valence-corrected chi connectivity index (χ3v) is 6.85. The molecular formula is C21H22FN3O2S2. The average Bonchev–Trinajstić information content (AvgIpc) is 2.95. The second-order valence-corrected chi connectivity index (χ2v) is 9.29. The fourth-order valence-electron chi connectivity index (χ4n) is 2.81. The highest BCUT2D eigenvalue weighted by Gasteiger charge is 2.21. The Balaban J connectivity index is 1.90. The summed E-state index contributed by atoms with van der Waals surface area (Å²) < 4.78 is 15.3. The molecule has 0 aliphatic carbocycles. The summed E-state index contributed by atoms with van der Waals surface area (Å²) in [6.07, 6.45) is 1.63. The van der Waals surface area contributed by atoms with Crippen LogP contribution in [-0.4, -0.2) is 20.7 Å². The van der Waals surface area contributed by atoms with Crippen LogP contribution in [0.2, 0.25) is 0 Å². The Morgan fingerprint density at radius 2 is 2.14 bits per heavy atom. The predicted molar refractivity (Wildman–Crippen MR) is 119 cm³/mol. The maximum Gasteiger partial charge on any atom is 0.263 e. The zero-order valence-electron chi connectivity index (χ0n) is 16.7. The van der Waals surface area contributed by atoms with Crippen LogP contribution in [0.3, 0.4) is 0 Å². The van der Waals surface area contributed by atoms with Gasteiger partial charge in [0.25, 0.3) is 5.56 Å². The quantitative estimate of drug-likeness (QED) is 0.345. The molecule has 8 heteroatoms. The SMILES string of the molecule is C=CCn1c(SC(C)C(=O)Nc2ccc(C)c(F)c2)nc2sc(C)c(C)c2c1=O. The highest BCUT2D eigenvalue weighted by molar-refractivity contribution is 8.00. The van der Waals surface area contributed by atoms with Gasteiger partial charge >= 0.3 is 0 Å². The molecule has 1 aromatic carbocycles. The third kappa shape index (κ3) is 4.28. The van der Waals surface area contributed by atoms with E-state index in [4.69, 9.17) is 0 Å². The zero-order valence-corrected chi connectivity index (χ0v) is 18.3. The highest BCUT2D eigenvalue weighted by Crippen LogP contribution is 2.30. The van der Waals surface area contributed by atoms with Crippen LogP contribution < -0.4 is 10.9 Å². The highest BCUT2D eigenvalue weighted by atomic mass is 32.2. The number of fused-ring (bicyclic) bond motifs is 1. The van der Waals surface area contributed by atoms with Crippen molar-refractivity contribution in [1.29, 1.82) is 0 Å². The molecule has 0 fully saturated rings. The molecular weight excluding hydrogens is 409 g/mol. The number of nitrogens with one attached hydrogen (secondary N) is 1. The number of aryl methyl sites for hydroxylation is 3. The van der Waals surface area contributed by atoms with Crippen LogP contribution in [0.15, 0.2) is 40.8 Å². The Labute approximate surface area is 176 Å². The number of thiophene rings is 1. The van der Waals surface area contributed by atoms with E-state index in [0.717, 1.165) is 10.4 Å². The molecule has 29 heavy (non-hydrogen) atoms. The van der Waals surface area contributed by atoms with Gasteiger partial charge in [0, 0.05) is 17.1 Å². The first-order valence-electron chi connectivity index (χ1n) is 9.08. The van der Waals surface area contributed by atoms with Crippen molar-refractivity contribution >= 4 is 44.9 Å². The van der Waals surface area contributed by atoms with Crippen molar-refractivity contribution in [3.8, 4) is 0 Å². The molecule has 0 bridgehead atoms. The summed E-state index contributed by atoms with van der Waals surface area (Å²) in [5.74, 6) is -0.672. The summed E-state index contributed by atoms with van der Waals surface area (Å²) >= 11 is 2.66. The van der Waals surface area contributed by atoms with Crippen LogP contribution in [-0.2, 0) is 11.3 Å². The van der Waals surface area contributed by atoms with E-state index in [-0.39, 0.29) is 17.3 Å². The van der Waals surface area contributed by atoms with Gasteiger partial charge in [-0.2, -0.15) is 0 Å². The normalized spacial score (nSPS) is 12.2. The number of carbonyl (C=O) groups excluding carboxylic acids is 1. The van der Waals surface area contributed by atoms with Crippen LogP contribution >= 0.6 is 23.1 Å². The second kappa shape index (κ2) is 8.51. The van der Waals surface area contributed by atoms with Crippen molar-refractivity contribution in [1.82, 2.24) is 9.55 Å². The third-order valence-electron chi connectivity index (χ3n) is 4.66. The lowest BCUT2D eigenvalue weighted by Gasteiger charge is -2.15. The number of allylic oxidation sites excluding steroid dienone is 1. The first-order chi connectivity index (χ1) is 13.7. The second-order valence-electron chi connectivity index (χ2n) is 6.78. The van der Waals surface area contributed by atoms with Crippen molar-refractivity contribution in [2.75, 3.05) is 5.32 Å². The molecule has 1 amide bonds. The largest absolute Gasteiger partial charge is 0.325 e. The minimum atomic E-state index is -0.540. The number of benzene rings is 1. The number of thioether (sulfide) groups is 1. The average molecular weight is 432 g/mol. The van der Waals surface area contributed by atoms with Gasteiger partial charge in [-0.25, -0.2) is 9.37 Å². The number of carbonyl (C=O) groups is 1. The zero-order chi connectivity index (χ0) is 21.3. The summed E-state index contributed by atoms with van der Waals surface area (Å²) in [7, 11) is 0. The molecule has 0 aliphatic heterocycles. The monoisotopic (exact) mass is 431 g/mol. The number of rotatable bonds is 6. The summed E-state index contributed by atoms with van der Waals surface area (Å²) in [6, 6.07) is 4.56. The van der Waals surface area contributed by atoms with Crippen molar-refractivity contribution < 1.29 is 9.18 Å². The first-order valence-corrected chi connectivity index (χ1v) is 10.8. The lowest BCUT2D eigenvalue weighted by Crippen LogP contribution is -2.26. The van der Waals surface area contributed by atoms with Crippen molar-refractivity contribution in [2.45, 2.75) is 44.6 Å². The summed E-state index contributed by atoms with van der Waals surface area (Å²) in [6.45, 7) is 11.3. The van der Waals surface area contributed by atoms with E-state index in [1.807, 2.05) is 13.8 Å². The van der Waals surface area contributed by atoms with Crippen molar-refractivity contribution in [3.63, 3.8) is 0 Å². The minimum absolute atomic E-state index is 0.132. The number of hydrogen-bond donors (Lipinski definition) is 1. The van der Waals surface area contributed by atoms with Gasteiger partial charge < -0.3 is 5.32 Å². The number of hydrogen-bond acceptors (Lipinski definition) is 5. The van der Waals surface area contributed by atoms with Crippen LogP contribution in [0.4, 0.5) is 10.1 Å². The van der Waals surface area contributed by atoms with E-state index in [2.05, 4.69) is 16.9 Å². The van der Waals surface area contributed by atoms with Gasteiger partial charge in [-0.15, -0.1) is 17.9 Å². The standard InChI is InChI=1S/C21H22FN3O2S2/c1-6-9-25-20(27)17-12(3)13(4)28-19(17)24-21(25)29-14(5)18(26)23-15-8-7-11(2)16(22)10-15/h6-8,10,14H,1,9H2,2-5H3,(H,23,26). The van der Waals surface area contributed by atoms with Crippen LogP contribution in [0.1, 0.15) is 22.9 Å². The maximum absolute atomic E-state index is 13.7. The molecule has 1 atom stereocenters. The van der Waals surface area contributed by atoms with Gasteiger partial charge in [0.2, 0.25) is 5.91 Å². The fourth-order valence-corrected chi connectivity index (χ4v) is 4.80. The van der Waals surface area contributed by atoms with Gasteiger partial charge in [-0.3, -0.25) is 14.2 Å². The molecule has 0 aliphatic rings. The minimum Gasteiger partial charge on any atom is -0.325 e.